The number of carbonyl (C=O) groups excluding carboxylic acids is 1. The van der Waals surface area contributed by atoms with Gasteiger partial charge in [0.1, 0.15) is 11.8 Å². The number of fused-ring (bicyclic) bond motifs is 1. The summed E-state index contributed by atoms with van der Waals surface area (Å²) in [5, 5.41) is 3.46. The first kappa shape index (κ1) is 15.3. The van der Waals surface area contributed by atoms with E-state index in [9.17, 15) is 9.59 Å². The van der Waals surface area contributed by atoms with Crippen LogP contribution in [0.3, 0.4) is 0 Å². The standard InChI is InChI=1S/C17H16N2O3S/c1-11(16(20)18-12-7-9-13(22-2)10-8-12)19-17(21)14-5-3-4-6-15(14)23-19/h3-11H,1-2H3,(H,18,20). The lowest BCUT2D eigenvalue weighted by atomic mass is 10.2. The predicted molar refractivity (Wildman–Crippen MR) is 92.4 cm³/mol. The molecule has 2 aromatic carbocycles. The Labute approximate surface area is 137 Å². The van der Waals surface area contributed by atoms with Crippen molar-refractivity contribution in [3.8, 4) is 5.75 Å². The number of carbonyl (C=O) groups is 1. The number of hydrogen-bond acceptors (Lipinski definition) is 4. The first-order valence-corrected chi connectivity index (χ1v) is 7.93. The van der Waals surface area contributed by atoms with Crippen LogP contribution < -0.4 is 15.6 Å². The largest absolute Gasteiger partial charge is 0.497 e. The first-order valence-electron chi connectivity index (χ1n) is 7.15. The predicted octanol–water partition coefficient (Wildman–Crippen LogP) is 3.27. The SMILES string of the molecule is COc1ccc(NC(=O)C(C)n2sc3ccccc3c2=O)cc1. The number of nitrogens with one attached hydrogen (secondary N) is 1. The van der Waals surface area contributed by atoms with Crippen molar-refractivity contribution in [1.29, 1.82) is 0 Å². The third kappa shape index (κ3) is 2.98. The number of ether oxygens (including phenoxy) is 1. The van der Waals surface area contributed by atoms with Gasteiger partial charge in [0.15, 0.2) is 0 Å². The topological polar surface area (TPSA) is 60.3 Å². The van der Waals surface area contributed by atoms with Gasteiger partial charge in [-0.2, -0.15) is 0 Å². The van der Waals surface area contributed by atoms with Crippen molar-refractivity contribution in [3.05, 3.63) is 58.9 Å². The number of methoxy groups -OCH3 is 1. The molecule has 0 aliphatic heterocycles. The van der Waals surface area contributed by atoms with Crippen molar-refractivity contribution in [1.82, 2.24) is 3.96 Å². The summed E-state index contributed by atoms with van der Waals surface area (Å²) in [6, 6.07) is 13.8. The van der Waals surface area contributed by atoms with Crippen molar-refractivity contribution < 1.29 is 9.53 Å². The van der Waals surface area contributed by atoms with Crippen LogP contribution in [0.1, 0.15) is 13.0 Å². The van der Waals surface area contributed by atoms with Gasteiger partial charge in [0, 0.05) is 5.69 Å². The molecule has 0 saturated heterocycles. The highest BCUT2D eigenvalue weighted by molar-refractivity contribution is 7.14. The molecule has 0 radical (unpaired) electrons. The molecule has 1 atom stereocenters. The summed E-state index contributed by atoms with van der Waals surface area (Å²) in [5.74, 6) is 0.487. The van der Waals surface area contributed by atoms with Gasteiger partial charge in [-0.15, -0.1) is 0 Å². The monoisotopic (exact) mass is 328 g/mol. The number of benzene rings is 2. The van der Waals surface area contributed by atoms with Gasteiger partial charge in [0.2, 0.25) is 5.91 Å². The highest BCUT2D eigenvalue weighted by Gasteiger charge is 2.19. The van der Waals surface area contributed by atoms with E-state index in [0.29, 0.717) is 11.1 Å². The van der Waals surface area contributed by atoms with Crippen molar-refractivity contribution >= 4 is 33.2 Å². The van der Waals surface area contributed by atoms with Gasteiger partial charge in [-0.05, 0) is 43.3 Å². The molecule has 0 aliphatic carbocycles. The Morgan fingerprint density at radius 3 is 2.52 bits per heavy atom. The summed E-state index contributed by atoms with van der Waals surface area (Å²) < 4.78 is 7.46. The fourth-order valence-electron chi connectivity index (χ4n) is 2.27. The Morgan fingerprint density at radius 2 is 1.87 bits per heavy atom. The fourth-order valence-corrected chi connectivity index (χ4v) is 3.31. The molecule has 1 aromatic heterocycles. The van der Waals surface area contributed by atoms with E-state index in [1.807, 2.05) is 18.2 Å². The summed E-state index contributed by atoms with van der Waals surface area (Å²) >= 11 is 1.30. The van der Waals surface area contributed by atoms with Gasteiger partial charge in [0.25, 0.3) is 5.56 Å². The van der Waals surface area contributed by atoms with Gasteiger partial charge in [-0.25, -0.2) is 0 Å². The third-order valence-corrected chi connectivity index (χ3v) is 4.83. The summed E-state index contributed by atoms with van der Waals surface area (Å²) in [7, 11) is 1.59. The first-order chi connectivity index (χ1) is 11.1. The Hall–Kier alpha value is -2.60. The molecule has 23 heavy (non-hydrogen) atoms. The molecule has 3 rings (SSSR count). The van der Waals surface area contributed by atoms with Gasteiger partial charge in [-0.1, -0.05) is 23.7 Å². The zero-order valence-electron chi connectivity index (χ0n) is 12.8. The number of anilines is 1. The van der Waals surface area contributed by atoms with Gasteiger partial charge in [-0.3, -0.25) is 13.5 Å². The molecule has 0 spiro atoms. The Morgan fingerprint density at radius 1 is 1.17 bits per heavy atom. The zero-order valence-corrected chi connectivity index (χ0v) is 13.6. The lowest BCUT2D eigenvalue weighted by Crippen LogP contribution is -2.28. The maximum absolute atomic E-state index is 12.4. The molecule has 0 aliphatic rings. The summed E-state index contributed by atoms with van der Waals surface area (Å²) in [4.78, 5) is 24.8. The van der Waals surface area contributed by atoms with E-state index >= 15 is 0 Å². The van der Waals surface area contributed by atoms with Crippen molar-refractivity contribution in [2.24, 2.45) is 0 Å². The van der Waals surface area contributed by atoms with Crippen molar-refractivity contribution in [3.63, 3.8) is 0 Å². The Balaban J connectivity index is 1.83. The minimum atomic E-state index is -0.581. The number of nitrogens with zero attached hydrogens (tertiary/aromatic N) is 1. The fraction of sp³-hybridized carbons (Fsp3) is 0.176. The second kappa shape index (κ2) is 6.26. The lowest BCUT2D eigenvalue weighted by molar-refractivity contribution is -0.118. The van der Waals surface area contributed by atoms with Gasteiger partial charge in [0.05, 0.1) is 17.2 Å². The van der Waals surface area contributed by atoms with Crippen LogP contribution in [0.15, 0.2) is 53.3 Å². The zero-order chi connectivity index (χ0) is 16.4. The van der Waals surface area contributed by atoms with Crippen LogP contribution in [0.2, 0.25) is 0 Å². The molecule has 1 heterocycles. The van der Waals surface area contributed by atoms with E-state index in [2.05, 4.69) is 5.32 Å². The quantitative estimate of drug-likeness (QED) is 0.799. The maximum Gasteiger partial charge on any atom is 0.269 e. The number of rotatable bonds is 4. The molecule has 118 valence electrons. The van der Waals surface area contributed by atoms with Gasteiger partial charge >= 0.3 is 0 Å². The number of amides is 1. The summed E-state index contributed by atoms with van der Waals surface area (Å²) in [6.07, 6.45) is 0. The minimum Gasteiger partial charge on any atom is -0.497 e. The molecule has 6 heteroatoms. The van der Waals surface area contributed by atoms with Crippen molar-refractivity contribution in [2.75, 3.05) is 12.4 Å². The lowest BCUT2D eigenvalue weighted by Gasteiger charge is -2.12. The average molecular weight is 328 g/mol. The molecule has 0 fully saturated rings. The van der Waals surface area contributed by atoms with Crippen LogP contribution in [0, 0.1) is 0 Å². The average Bonchev–Trinajstić information content (AvgIpc) is 2.92. The van der Waals surface area contributed by atoms with E-state index in [0.717, 1.165) is 10.4 Å². The highest BCUT2D eigenvalue weighted by atomic mass is 32.1. The Bertz CT molecular complexity index is 896. The molecular formula is C17H16N2O3S. The molecule has 0 bridgehead atoms. The van der Waals surface area contributed by atoms with Crippen LogP contribution in [0.5, 0.6) is 5.75 Å². The van der Waals surface area contributed by atoms with Gasteiger partial charge < -0.3 is 10.1 Å². The Kier molecular flexibility index (Phi) is 4.16. The normalized spacial score (nSPS) is 12.1. The molecule has 1 amide bonds. The molecule has 0 saturated carbocycles. The molecule has 1 unspecified atom stereocenters. The molecule has 5 nitrogen and oxygen atoms in total. The minimum absolute atomic E-state index is 0.136. The second-order valence-electron chi connectivity index (χ2n) is 5.11. The third-order valence-electron chi connectivity index (χ3n) is 3.60. The van der Waals surface area contributed by atoms with Crippen LogP contribution >= 0.6 is 11.5 Å². The molecule has 1 N–H and O–H groups in total. The van der Waals surface area contributed by atoms with Crippen molar-refractivity contribution in [2.45, 2.75) is 13.0 Å². The number of hydrogen-bond donors (Lipinski definition) is 1. The van der Waals surface area contributed by atoms with Crippen LogP contribution in [-0.2, 0) is 4.79 Å². The van der Waals surface area contributed by atoms with E-state index in [-0.39, 0.29) is 11.5 Å². The maximum atomic E-state index is 12.4. The van der Waals surface area contributed by atoms with E-state index in [4.69, 9.17) is 4.74 Å². The summed E-state index contributed by atoms with van der Waals surface area (Å²) in [6.45, 7) is 1.72. The van der Waals surface area contributed by atoms with E-state index in [1.165, 1.54) is 15.5 Å². The van der Waals surface area contributed by atoms with Crippen LogP contribution in [-0.4, -0.2) is 17.0 Å². The van der Waals surface area contributed by atoms with E-state index < -0.39 is 6.04 Å². The van der Waals surface area contributed by atoms with Crippen LogP contribution in [0.4, 0.5) is 5.69 Å². The van der Waals surface area contributed by atoms with E-state index in [1.54, 1.807) is 44.4 Å². The van der Waals surface area contributed by atoms with Crippen LogP contribution in [0.25, 0.3) is 10.1 Å². The number of aromatic nitrogens is 1. The summed E-state index contributed by atoms with van der Waals surface area (Å²) in [5.41, 5.74) is 0.528. The smallest absolute Gasteiger partial charge is 0.269 e. The molecular weight excluding hydrogens is 312 g/mol. The second-order valence-corrected chi connectivity index (χ2v) is 6.13. The highest BCUT2D eigenvalue weighted by Crippen LogP contribution is 2.21. The molecule has 3 aromatic rings.